The summed E-state index contributed by atoms with van der Waals surface area (Å²) in [6.45, 7) is 7.62. The molecule has 30 heavy (non-hydrogen) atoms. The molecule has 0 spiro atoms. The molecule has 4 rings (SSSR count). The van der Waals surface area contributed by atoms with Crippen molar-refractivity contribution in [1.29, 1.82) is 0 Å². The predicted molar refractivity (Wildman–Crippen MR) is 116 cm³/mol. The molecule has 158 valence electrons. The van der Waals surface area contributed by atoms with Crippen molar-refractivity contribution in [2.75, 3.05) is 20.3 Å². The molecule has 0 aromatic heterocycles. The Morgan fingerprint density at radius 2 is 1.80 bits per heavy atom. The van der Waals surface area contributed by atoms with E-state index < -0.39 is 0 Å². The Morgan fingerprint density at radius 1 is 1.10 bits per heavy atom. The summed E-state index contributed by atoms with van der Waals surface area (Å²) in [5.74, 6) is 1.41. The number of benzene rings is 2. The summed E-state index contributed by atoms with van der Waals surface area (Å²) in [6, 6.07) is 17.3. The molecule has 2 bridgehead atoms. The predicted octanol–water partition coefficient (Wildman–Crippen LogP) is 5.46. The first-order valence-electron chi connectivity index (χ1n) is 10.6. The van der Waals surface area contributed by atoms with Gasteiger partial charge in [-0.15, -0.1) is 0 Å². The Labute approximate surface area is 178 Å². The van der Waals surface area contributed by atoms with E-state index >= 15 is 0 Å². The van der Waals surface area contributed by atoms with Crippen LogP contribution in [0.3, 0.4) is 0 Å². The van der Waals surface area contributed by atoms with Crippen LogP contribution in [-0.2, 0) is 9.47 Å². The van der Waals surface area contributed by atoms with E-state index in [0.29, 0.717) is 24.7 Å². The molecule has 0 radical (unpaired) electrons. The lowest BCUT2D eigenvalue weighted by molar-refractivity contribution is -0.166. The van der Waals surface area contributed by atoms with E-state index in [1.54, 1.807) is 19.2 Å². The van der Waals surface area contributed by atoms with Crippen LogP contribution in [0.5, 0.6) is 5.75 Å². The molecule has 4 heteroatoms. The van der Waals surface area contributed by atoms with Crippen molar-refractivity contribution >= 4 is 5.97 Å². The normalized spacial score (nSPS) is 30.3. The first kappa shape index (κ1) is 20.7. The van der Waals surface area contributed by atoms with Gasteiger partial charge >= 0.3 is 5.97 Å². The molecule has 0 amide bonds. The third kappa shape index (κ3) is 3.54. The fourth-order valence-corrected chi connectivity index (χ4v) is 5.21. The number of rotatable bonds is 5. The highest BCUT2D eigenvalue weighted by molar-refractivity contribution is 5.89. The highest BCUT2D eigenvalue weighted by Gasteiger charge is 2.54. The Hall–Kier alpha value is -2.59. The third-order valence-electron chi connectivity index (χ3n) is 7.17. The molecule has 2 aromatic carbocycles. The molecule has 2 aliphatic rings. The molecule has 1 aliphatic heterocycles. The molecule has 0 N–H and O–H groups in total. The number of methoxy groups -OCH3 is 1. The number of esters is 1. The first-order valence-corrected chi connectivity index (χ1v) is 10.6. The molecule has 2 aromatic rings. The largest absolute Gasteiger partial charge is 0.497 e. The van der Waals surface area contributed by atoms with E-state index in [1.807, 2.05) is 30.3 Å². The summed E-state index contributed by atoms with van der Waals surface area (Å²) in [5.41, 5.74) is 2.86. The minimum atomic E-state index is -0.274. The zero-order valence-electron chi connectivity index (χ0n) is 18.1. The van der Waals surface area contributed by atoms with E-state index in [1.165, 1.54) is 5.57 Å². The number of allylic oxidation sites excluding steroid dienone is 1. The van der Waals surface area contributed by atoms with Crippen molar-refractivity contribution in [3.05, 3.63) is 77.4 Å². The van der Waals surface area contributed by atoms with Gasteiger partial charge in [-0.05, 0) is 48.6 Å². The smallest absolute Gasteiger partial charge is 0.338 e. The van der Waals surface area contributed by atoms with E-state index in [-0.39, 0.29) is 29.3 Å². The maximum absolute atomic E-state index is 12.6. The van der Waals surface area contributed by atoms with E-state index in [2.05, 4.69) is 39.0 Å². The highest BCUT2D eigenvalue weighted by Crippen LogP contribution is 2.56. The molecular formula is C26H30O4. The van der Waals surface area contributed by atoms with Gasteiger partial charge in [0.2, 0.25) is 0 Å². The fourth-order valence-electron chi connectivity index (χ4n) is 5.21. The number of hydrogen-bond acceptors (Lipinski definition) is 4. The first-order chi connectivity index (χ1) is 14.5. The van der Waals surface area contributed by atoms with E-state index in [9.17, 15) is 4.79 Å². The van der Waals surface area contributed by atoms with E-state index in [4.69, 9.17) is 14.2 Å². The van der Waals surface area contributed by atoms with Crippen molar-refractivity contribution in [3.8, 4) is 5.75 Å². The van der Waals surface area contributed by atoms with Crippen LogP contribution >= 0.6 is 0 Å². The topological polar surface area (TPSA) is 44.8 Å². The van der Waals surface area contributed by atoms with Crippen LogP contribution < -0.4 is 4.74 Å². The van der Waals surface area contributed by atoms with Crippen molar-refractivity contribution in [2.24, 2.45) is 23.2 Å². The van der Waals surface area contributed by atoms with Gasteiger partial charge in [-0.3, -0.25) is 0 Å². The average molecular weight is 407 g/mol. The maximum atomic E-state index is 12.6. The summed E-state index contributed by atoms with van der Waals surface area (Å²) in [5, 5.41) is 0. The lowest BCUT2D eigenvalue weighted by atomic mass is 9.56. The van der Waals surface area contributed by atoms with Crippen molar-refractivity contribution < 1.29 is 19.0 Å². The Morgan fingerprint density at radius 3 is 2.47 bits per heavy atom. The Bertz CT molecular complexity index is 918. The summed E-state index contributed by atoms with van der Waals surface area (Å²) >= 11 is 0. The van der Waals surface area contributed by atoms with Crippen LogP contribution in [0.15, 0.2) is 66.2 Å². The molecule has 0 unspecified atom stereocenters. The van der Waals surface area contributed by atoms with Crippen LogP contribution in [0.2, 0.25) is 0 Å². The third-order valence-corrected chi connectivity index (χ3v) is 7.17. The monoisotopic (exact) mass is 406 g/mol. The van der Waals surface area contributed by atoms with Crippen LogP contribution in [0, 0.1) is 23.2 Å². The number of fused-ring (bicyclic) bond motifs is 2. The zero-order valence-corrected chi connectivity index (χ0v) is 18.1. The molecule has 1 fully saturated rings. The van der Waals surface area contributed by atoms with Gasteiger partial charge in [0.15, 0.2) is 0 Å². The van der Waals surface area contributed by atoms with Crippen LogP contribution in [0.25, 0.3) is 0 Å². The van der Waals surface area contributed by atoms with Crippen LogP contribution in [0.1, 0.15) is 42.8 Å². The second kappa shape index (κ2) is 8.27. The van der Waals surface area contributed by atoms with Gasteiger partial charge in [-0.25, -0.2) is 4.79 Å². The van der Waals surface area contributed by atoms with Gasteiger partial charge in [0.25, 0.3) is 0 Å². The number of ether oxygens (including phenoxy) is 3. The van der Waals surface area contributed by atoms with Gasteiger partial charge in [0.05, 0.1) is 25.4 Å². The molecule has 1 aliphatic carbocycles. The summed E-state index contributed by atoms with van der Waals surface area (Å²) in [6.07, 6.45) is 2.34. The van der Waals surface area contributed by atoms with Crippen molar-refractivity contribution in [1.82, 2.24) is 0 Å². The van der Waals surface area contributed by atoms with Gasteiger partial charge < -0.3 is 14.2 Å². The van der Waals surface area contributed by atoms with Crippen molar-refractivity contribution in [2.45, 2.75) is 26.9 Å². The molecule has 5 atom stereocenters. The minimum Gasteiger partial charge on any atom is -0.497 e. The lowest BCUT2D eigenvalue weighted by Gasteiger charge is -2.55. The van der Waals surface area contributed by atoms with Gasteiger partial charge in [0.1, 0.15) is 12.4 Å². The highest BCUT2D eigenvalue weighted by atomic mass is 16.5. The fraction of sp³-hybridized carbons (Fsp3) is 0.423. The Kier molecular flexibility index (Phi) is 5.70. The molecular weight excluding hydrogens is 376 g/mol. The summed E-state index contributed by atoms with van der Waals surface area (Å²) < 4.78 is 17.6. The number of hydrogen-bond donors (Lipinski definition) is 0. The Balaban J connectivity index is 1.57. The molecule has 0 saturated carbocycles. The summed E-state index contributed by atoms with van der Waals surface area (Å²) in [4.78, 5) is 12.6. The van der Waals surface area contributed by atoms with Gasteiger partial charge in [0, 0.05) is 11.3 Å². The van der Waals surface area contributed by atoms with E-state index in [0.717, 1.165) is 11.3 Å². The van der Waals surface area contributed by atoms with Crippen molar-refractivity contribution in [3.63, 3.8) is 0 Å². The minimum absolute atomic E-state index is 0.00685. The number of carbonyl (C=O) groups excluding carboxylic acids is 1. The molecule has 4 nitrogen and oxygen atoms in total. The quantitative estimate of drug-likeness (QED) is 0.489. The second-order valence-electron chi connectivity index (χ2n) is 8.69. The number of carbonyl (C=O) groups is 1. The standard InChI is InChI=1S/C26H30O4/c1-17-14-18(2)26(16-30-25(27)21-8-6-5-7-9-21)15-29-24(23(17)19(26)3)20-10-12-22(28-4)13-11-20/h5-14,18-19,23-24H,15-16H2,1-4H3/t18-,19-,23-,24-,26+/m0/s1. The second-order valence-corrected chi connectivity index (χ2v) is 8.69. The lowest BCUT2D eigenvalue weighted by Crippen LogP contribution is -2.54. The SMILES string of the molecule is COc1ccc([C@@H]2OC[C@@]3(COC(=O)c4ccccc4)[C@@H](C)C=C(C)[C@H]2[C@@H]3C)cc1. The van der Waals surface area contributed by atoms with Gasteiger partial charge in [-0.2, -0.15) is 0 Å². The van der Waals surface area contributed by atoms with Crippen LogP contribution in [0.4, 0.5) is 0 Å². The molecule has 1 heterocycles. The van der Waals surface area contributed by atoms with Crippen LogP contribution in [-0.4, -0.2) is 26.3 Å². The summed E-state index contributed by atoms with van der Waals surface area (Å²) in [7, 11) is 1.68. The maximum Gasteiger partial charge on any atom is 0.338 e. The zero-order chi connectivity index (χ0) is 21.3. The van der Waals surface area contributed by atoms with Gasteiger partial charge in [-0.1, -0.05) is 55.8 Å². The molecule has 1 saturated heterocycles. The average Bonchev–Trinajstić information content (AvgIpc) is 2.77.